The van der Waals surface area contributed by atoms with Crippen molar-refractivity contribution in [3.63, 3.8) is 0 Å². The van der Waals surface area contributed by atoms with Crippen LogP contribution in [0.2, 0.25) is 5.02 Å². The molecule has 1 heterocycles. The summed E-state index contributed by atoms with van der Waals surface area (Å²) in [5, 5.41) is 12.1. The van der Waals surface area contributed by atoms with Crippen molar-refractivity contribution in [3.05, 3.63) is 70.6 Å². The van der Waals surface area contributed by atoms with Gasteiger partial charge in [-0.2, -0.15) is 13.2 Å². The van der Waals surface area contributed by atoms with Crippen molar-refractivity contribution >= 4 is 17.5 Å². The number of aliphatic hydroxyl groups is 1. The fraction of sp³-hybridized carbons (Fsp3) is 0.190. The van der Waals surface area contributed by atoms with Crippen molar-refractivity contribution < 1.29 is 27.5 Å². The number of carbonyl (C=O) groups excluding carboxylic acids is 1. The molecule has 31 heavy (non-hydrogen) atoms. The first-order chi connectivity index (χ1) is 14.6. The van der Waals surface area contributed by atoms with E-state index in [4.69, 9.17) is 16.7 Å². The molecular weight excluding hydrogens is 438 g/mol. The lowest BCUT2D eigenvalue weighted by atomic mass is 10.1. The van der Waals surface area contributed by atoms with Crippen molar-refractivity contribution in [2.45, 2.75) is 19.1 Å². The molecule has 1 aromatic heterocycles. The van der Waals surface area contributed by atoms with Crippen LogP contribution >= 0.6 is 11.6 Å². The number of hydrogen-bond donors (Lipinski definition) is 2. The molecule has 0 bridgehead atoms. The van der Waals surface area contributed by atoms with Gasteiger partial charge >= 0.3 is 6.18 Å². The molecule has 1 amide bonds. The second-order valence-electron chi connectivity index (χ2n) is 6.75. The zero-order valence-corrected chi connectivity index (χ0v) is 16.8. The monoisotopic (exact) mass is 453 g/mol. The van der Waals surface area contributed by atoms with Gasteiger partial charge in [0.2, 0.25) is 0 Å². The molecule has 3 aromatic rings. The van der Waals surface area contributed by atoms with Crippen molar-refractivity contribution in [1.29, 1.82) is 0 Å². The predicted molar refractivity (Wildman–Crippen MR) is 107 cm³/mol. The summed E-state index contributed by atoms with van der Waals surface area (Å²) in [5.74, 6) is -2.06. The van der Waals surface area contributed by atoms with Gasteiger partial charge < -0.3 is 10.4 Å². The number of rotatable bonds is 5. The minimum absolute atomic E-state index is 0.159. The minimum Gasteiger partial charge on any atom is -0.394 e. The molecule has 2 N–H and O–H groups in total. The Balaban J connectivity index is 2.16. The summed E-state index contributed by atoms with van der Waals surface area (Å²) in [6.45, 7) is 1.23. The molecular formula is C21H16ClF4N3O2. The fourth-order valence-electron chi connectivity index (χ4n) is 2.69. The van der Waals surface area contributed by atoms with Crippen LogP contribution in [0.1, 0.15) is 23.0 Å². The lowest BCUT2D eigenvalue weighted by Crippen LogP contribution is -2.35. The third-order valence-electron chi connectivity index (χ3n) is 4.23. The first-order valence-electron chi connectivity index (χ1n) is 9.01. The first kappa shape index (κ1) is 22.6. The lowest BCUT2D eigenvalue weighted by molar-refractivity contribution is -0.137. The van der Waals surface area contributed by atoms with Crippen LogP contribution in [0.25, 0.3) is 22.6 Å². The largest absolute Gasteiger partial charge is 0.416 e. The van der Waals surface area contributed by atoms with Gasteiger partial charge in [0.25, 0.3) is 5.91 Å². The van der Waals surface area contributed by atoms with Gasteiger partial charge in [0.1, 0.15) is 11.5 Å². The van der Waals surface area contributed by atoms with Gasteiger partial charge in [0.15, 0.2) is 5.82 Å². The molecule has 1 atom stereocenters. The third kappa shape index (κ3) is 5.56. The number of aromatic nitrogens is 2. The fourth-order valence-corrected chi connectivity index (χ4v) is 2.81. The van der Waals surface area contributed by atoms with Crippen LogP contribution < -0.4 is 5.32 Å². The van der Waals surface area contributed by atoms with E-state index in [0.29, 0.717) is 22.7 Å². The summed E-state index contributed by atoms with van der Waals surface area (Å²) in [6, 6.07) is 9.07. The predicted octanol–water partition coefficient (Wildman–Crippen LogP) is 4.73. The Morgan fingerprint density at radius 2 is 1.77 bits per heavy atom. The van der Waals surface area contributed by atoms with E-state index in [-0.39, 0.29) is 29.4 Å². The van der Waals surface area contributed by atoms with E-state index in [9.17, 15) is 22.4 Å². The number of hydrogen-bond acceptors (Lipinski definition) is 4. The number of amides is 1. The molecule has 1 unspecified atom stereocenters. The second-order valence-corrected chi connectivity index (χ2v) is 7.19. The molecule has 10 heteroatoms. The maximum absolute atomic E-state index is 13.9. The van der Waals surface area contributed by atoms with Crippen LogP contribution in [0.4, 0.5) is 17.6 Å². The zero-order valence-electron chi connectivity index (χ0n) is 16.0. The summed E-state index contributed by atoms with van der Waals surface area (Å²) in [6.07, 6.45) is -4.78. The van der Waals surface area contributed by atoms with E-state index >= 15 is 0 Å². The number of nitrogens with zero attached hydrogens (tertiary/aromatic N) is 2. The van der Waals surface area contributed by atoms with Gasteiger partial charge in [-0.25, -0.2) is 14.4 Å². The zero-order chi connectivity index (χ0) is 22.8. The van der Waals surface area contributed by atoms with Crippen LogP contribution in [-0.4, -0.2) is 33.6 Å². The van der Waals surface area contributed by atoms with Gasteiger partial charge in [0.05, 0.1) is 17.9 Å². The Morgan fingerprint density at radius 1 is 1.10 bits per heavy atom. The summed E-state index contributed by atoms with van der Waals surface area (Å²) in [7, 11) is 0. The lowest BCUT2D eigenvalue weighted by Gasteiger charge is -2.13. The molecule has 0 spiro atoms. The summed E-state index contributed by atoms with van der Waals surface area (Å²) in [5.41, 5.74) is -0.866. The molecule has 0 fully saturated rings. The maximum Gasteiger partial charge on any atom is 0.416 e. The SMILES string of the molecule is CC(CO)NC(=O)c1cc(-c2ccc(Cl)cc2)nc(-c2cc(F)cc(C(F)(F)F)c2)n1. The van der Waals surface area contributed by atoms with Crippen molar-refractivity contribution in [3.8, 4) is 22.6 Å². The molecule has 2 aromatic carbocycles. The second kappa shape index (κ2) is 8.99. The van der Waals surface area contributed by atoms with Crippen LogP contribution in [0.5, 0.6) is 0 Å². The highest BCUT2D eigenvalue weighted by Crippen LogP contribution is 2.33. The smallest absolute Gasteiger partial charge is 0.394 e. The Hall–Kier alpha value is -3.04. The Labute approximate surface area is 179 Å². The van der Waals surface area contributed by atoms with Crippen LogP contribution in [0, 0.1) is 5.82 Å². The molecule has 0 saturated heterocycles. The Morgan fingerprint density at radius 3 is 2.39 bits per heavy atom. The molecule has 3 rings (SSSR count). The molecule has 0 saturated carbocycles. The third-order valence-corrected chi connectivity index (χ3v) is 4.49. The van der Waals surface area contributed by atoms with Gasteiger partial charge in [-0.1, -0.05) is 23.7 Å². The average Bonchev–Trinajstić information content (AvgIpc) is 2.72. The summed E-state index contributed by atoms with van der Waals surface area (Å²) in [4.78, 5) is 20.8. The standard InChI is InChI=1S/C21H16ClF4N3O2/c1-11(10-30)27-20(31)18-9-17(12-2-4-15(22)5-3-12)28-19(29-18)13-6-14(21(24,25)26)8-16(23)7-13/h2-9,11,30H,10H2,1H3,(H,27,31). The van der Waals surface area contributed by atoms with Gasteiger partial charge in [0, 0.05) is 22.2 Å². The van der Waals surface area contributed by atoms with Crippen molar-refractivity contribution in [1.82, 2.24) is 15.3 Å². The van der Waals surface area contributed by atoms with Gasteiger partial charge in [-0.05, 0) is 43.3 Å². The highest BCUT2D eigenvalue weighted by molar-refractivity contribution is 6.30. The van der Waals surface area contributed by atoms with Gasteiger partial charge in [-0.3, -0.25) is 4.79 Å². The van der Waals surface area contributed by atoms with Crippen LogP contribution in [0.15, 0.2) is 48.5 Å². The van der Waals surface area contributed by atoms with Crippen molar-refractivity contribution in [2.24, 2.45) is 0 Å². The molecule has 0 aliphatic heterocycles. The van der Waals surface area contributed by atoms with Crippen LogP contribution in [0.3, 0.4) is 0 Å². The average molecular weight is 454 g/mol. The topological polar surface area (TPSA) is 75.1 Å². The number of alkyl halides is 3. The molecule has 5 nitrogen and oxygen atoms in total. The quantitative estimate of drug-likeness (QED) is 0.547. The number of nitrogens with one attached hydrogen (secondary N) is 1. The molecule has 0 aliphatic carbocycles. The highest BCUT2D eigenvalue weighted by atomic mass is 35.5. The van der Waals surface area contributed by atoms with Crippen LogP contribution in [-0.2, 0) is 6.18 Å². The van der Waals surface area contributed by atoms with E-state index in [2.05, 4.69) is 15.3 Å². The van der Waals surface area contributed by atoms with E-state index in [0.717, 1.165) is 6.07 Å². The van der Waals surface area contributed by atoms with E-state index in [1.807, 2.05) is 0 Å². The number of halogens is 5. The first-order valence-corrected chi connectivity index (χ1v) is 9.39. The van der Waals surface area contributed by atoms with Crippen molar-refractivity contribution in [2.75, 3.05) is 6.61 Å². The molecule has 162 valence electrons. The summed E-state index contributed by atoms with van der Waals surface area (Å²) < 4.78 is 53.3. The maximum atomic E-state index is 13.9. The molecule has 0 radical (unpaired) electrons. The normalized spacial score (nSPS) is 12.5. The van der Waals surface area contributed by atoms with E-state index in [1.54, 1.807) is 31.2 Å². The Bertz CT molecular complexity index is 1100. The van der Waals surface area contributed by atoms with E-state index < -0.39 is 29.5 Å². The van der Waals surface area contributed by atoms with Gasteiger partial charge in [-0.15, -0.1) is 0 Å². The summed E-state index contributed by atoms with van der Waals surface area (Å²) >= 11 is 5.89. The molecule has 0 aliphatic rings. The highest BCUT2D eigenvalue weighted by Gasteiger charge is 2.32. The number of aliphatic hydroxyl groups excluding tert-OH is 1. The minimum atomic E-state index is -4.78. The Kier molecular flexibility index (Phi) is 6.56. The number of carbonyl (C=O) groups is 1. The van der Waals surface area contributed by atoms with E-state index in [1.165, 1.54) is 6.07 Å². The number of benzene rings is 2.